The van der Waals surface area contributed by atoms with Crippen LogP contribution < -0.4 is 11.1 Å². The quantitative estimate of drug-likeness (QED) is 0.823. The number of hydrogen-bond donors (Lipinski definition) is 2. The maximum absolute atomic E-state index is 12.5. The van der Waals surface area contributed by atoms with Crippen molar-refractivity contribution >= 4 is 24.2 Å². The van der Waals surface area contributed by atoms with Crippen LogP contribution in [-0.4, -0.2) is 41.9 Å². The first-order chi connectivity index (χ1) is 10.0. The van der Waals surface area contributed by atoms with Gasteiger partial charge in [-0.1, -0.05) is 6.42 Å². The van der Waals surface area contributed by atoms with Gasteiger partial charge in [0.25, 0.3) is 0 Å². The predicted molar refractivity (Wildman–Crippen MR) is 89.8 cm³/mol. The van der Waals surface area contributed by atoms with Crippen LogP contribution in [0.15, 0.2) is 0 Å². The molecular weight excluding hydrogens is 302 g/mol. The molecule has 3 N–H and O–H groups in total. The van der Waals surface area contributed by atoms with Crippen LogP contribution in [0, 0.1) is 11.8 Å². The Morgan fingerprint density at radius 3 is 2.59 bits per heavy atom. The minimum Gasteiger partial charge on any atom is -0.344 e. The molecular formula is C16H30ClN3O2. The zero-order valence-electron chi connectivity index (χ0n) is 13.7. The van der Waals surface area contributed by atoms with Crippen LogP contribution in [-0.2, 0) is 9.59 Å². The van der Waals surface area contributed by atoms with E-state index >= 15 is 0 Å². The Balaban J connectivity index is 0.00000242. The molecule has 6 heteroatoms. The second kappa shape index (κ2) is 8.73. The second-order valence-electron chi connectivity index (χ2n) is 6.64. The fraction of sp³-hybridized carbons (Fsp3) is 0.875. The van der Waals surface area contributed by atoms with Crippen molar-refractivity contribution < 1.29 is 9.59 Å². The molecule has 0 radical (unpaired) electrons. The molecule has 0 bridgehead atoms. The van der Waals surface area contributed by atoms with Gasteiger partial charge in [-0.3, -0.25) is 9.59 Å². The molecule has 0 aromatic carbocycles. The molecule has 22 heavy (non-hydrogen) atoms. The van der Waals surface area contributed by atoms with Crippen molar-refractivity contribution in [1.29, 1.82) is 0 Å². The molecule has 1 aliphatic heterocycles. The Labute approximate surface area is 139 Å². The number of likely N-dealkylation sites (tertiary alicyclic amines) is 1. The highest BCUT2D eigenvalue weighted by Crippen LogP contribution is 2.31. The third-order valence-corrected chi connectivity index (χ3v) is 5.11. The first kappa shape index (κ1) is 19.2. The van der Waals surface area contributed by atoms with E-state index in [9.17, 15) is 9.59 Å². The summed E-state index contributed by atoms with van der Waals surface area (Å²) in [5.41, 5.74) is 5.73. The van der Waals surface area contributed by atoms with Crippen molar-refractivity contribution in [3.63, 3.8) is 0 Å². The van der Waals surface area contributed by atoms with Gasteiger partial charge in [0.1, 0.15) is 6.04 Å². The second-order valence-corrected chi connectivity index (χ2v) is 6.64. The molecule has 1 aliphatic carbocycles. The number of piperidine rings is 1. The number of nitrogens with zero attached hydrogens (tertiary/aromatic N) is 1. The van der Waals surface area contributed by atoms with Gasteiger partial charge in [-0.2, -0.15) is 0 Å². The summed E-state index contributed by atoms with van der Waals surface area (Å²) in [5.74, 6) is 0.330. The van der Waals surface area contributed by atoms with E-state index in [1.54, 1.807) is 6.92 Å². The molecule has 2 aliphatic rings. The van der Waals surface area contributed by atoms with Crippen LogP contribution in [0.5, 0.6) is 0 Å². The van der Waals surface area contributed by atoms with Gasteiger partial charge in [-0.15, -0.1) is 12.4 Å². The predicted octanol–water partition coefficient (Wildman–Crippen LogP) is 1.69. The van der Waals surface area contributed by atoms with E-state index < -0.39 is 6.04 Å². The molecule has 0 spiro atoms. The highest BCUT2D eigenvalue weighted by Gasteiger charge is 2.34. The Morgan fingerprint density at radius 2 is 1.95 bits per heavy atom. The smallest absolute Gasteiger partial charge is 0.245 e. The number of halogens is 1. The summed E-state index contributed by atoms with van der Waals surface area (Å²) in [6, 6.07) is -0.147. The highest BCUT2D eigenvalue weighted by molar-refractivity contribution is 5.88. The zero-order valence-corrected chi connectivity index (χ0v) is 14.5. The van der Waals surface area contributed by atoms with E-state index in [0.29, 0.717) is 6.54 Å². The lowest BCUT2D eigenvalue weighted by Gasteiger charge is -2.35. The SMILES string of the molecule is CC(NC(=O)[C@@H]1CCC[C@@H]1CN)C(=O)N1CCCCC1C.Cl. The summed E-state index contributed by atoms with van der Waals surface area (Å²) in [4.78, 5) is 26.8. The summed E-state index contributed by atoms with van der Waals surface area (Å²) in [7, 11) is 0. The summed E-state index contributed by atoms with van der Waals surface area (Å²) < 4.78 is 0. The van der Waals surface area contributed by atoms with Gasteiger partial charge in [0, 0.05) is 18.5 Å². The zero-order chi connectivity index (χ0) is 15.4. The molecule has 2 amide bonds. The maximum atomic E-state index is 12.5. The van der Waals surface area contributed by atoms with E-state index in [-0.39, 0.29) is 42.1 Å². The molecule has 128 valence electrons. The van der Waals surface area contributed by atoms with E-state index in [1.165, 1.54) is 6.42 Å². The number of nitrogens with one attached hydrogen (secondary N) is 1. The van der Waals surface area contributed by atoms with Crippen molar-refractivity contribution in [2.75, 3.05) is 13.1 Å². The molecule has 2 unspecified atom stereocenters. The Morgan fingerprint density at radius 1 is 1.23 bits per heavy atom. The molecule has 5 nitrogen and oxygen atoms in total. The highest BCUT2D eigenvalue weighted by atomic mass is 35.5. The Bertz CT molecular complexity index is 392. The molecule has 2 rings (SSSR count). The molecule has 1 saturated heterocycles. The summed E-state index contributed by atoms with van der Waals surface area (Å²) in [6.45, 7) is 5.26. The monoisotopic (exact) mass is 331 g/mol. The van der Waals surface area contributed by atoms with Crippen LogP contribution in [0.1, 0.15) is 52.4 Å². The molecule has 1 heterocycles. The largest absolute Gasteiger partial charge is 0.344 e. The van der Waals surface area contributed by atoms with Crippen molar-refractivity contribution in [3.8, 4) is 0 Å². The van der Waals surface area contributed by atoms with E-state index in [4.69, 9.17) is 5.73 Å². The van der Waals surface area contributed by atoms with Gasteiger partial charge in [-0.25, -0.2) is 0 Å². The van der Waals surface area contributed by atoms with Gasteiger partial charge < -0.3 is 16.0 Å². The Hall–Kier alpha value is -0.810. The van der Waals surface area contributed by atoms with Crippen LogP contribution in [0.4, 0.5) is 0 Å². The van der Waals surface area contributed by atoms with Gasteiger partial charge in [0.05, 0.1) is 0 Å². The fourth-order valence-electron chi connectivity index (χ4n) is 3.72. The number of carbonyl (C=O) groups excluding carboxylic acids is 2. The standard InChI is InChI=1S/C16H29N3O2.ClH/c1-11-6-3-4-9-19(11)16(21)12(2)18-15(20)14-8-5-7-13(14)10-17;/h11-14H,3-10,17H2,1-2H3,(H,18,20);1H/t11?,12?,13-,14-;/m1./s1. The summed E-state index contributed by atoms with van der Waals surface area (Å²) in [6.07, 6.45) is 6.30. The number of amides is 2. The van der Waals surface area contributed by atoms with Crippen LogP contribution >= 0.6 is 12.4 Å². The first-order valence-corrected chi connectivity index (χ1v) is 8.35. The third kappa shape index (κ3) is 4.35. The van der Waals surface area contributed by atoms with Crippen LogP contribution in [0.25, 0.3) is 0 Å². The Kier molecular flexibility index (Phi) is 7.63. The fourth-order valence-corrected chi connectivity index (χ4v) is 3.72. The molecule has 2 fully saturated rings. The summed E-state index contributed by atoms with van der Waals surface area (Å²) in [5, 5.41) is 2.92. The van der Waals surface area contributed by atoms with Gasteiger partial charge in [0.15, 0.2) is 0 Å². The first-order valence-electron chi connectivity index (χ1n) is 8.35. The lowest BCUT2D eigenvalue weighted by Crippen LogP contribution is -2.52. The molecule has 0 aromatic heterocycles. The summed E-state index contributed by atoms with van der Waals surface area (Å²) >= 11 is 0. The van der Waals surface area contributed by atoms with E-state index in [2.05, 4.69) is 12.2 Å². The lowest BCUT2D eigenvalue weighted by atomic mass is 9.95. The number of nitrogens with two attached hydrogens (primary N) is 1. The van der Waals surface area contributed by atoms with E-state index in [1.807, 2.05) is 4.90 Å². The van der Waals surface area contributed by atoms with Gasteiger partial charge >= 0.3 is 0 Å². The molecule has 1 saturated carbocycles. The molecule has 4 atom stereocenters. The number of rotatable bonds is 4. The van der Waals surface area contributed by atoms with Crippen molar-refractivity contribution in [1.82, 2.24) is 10.2 Å². The minimum atomic E-state index is -0.433. The van der Waals surface area contributed by atoms with Gasteiger partial charge in [0.2, 0.25) is 11.8 Å². The van der Waals surface area contributed by atoms with E-state index in [0.717, 1.165) is 38.6 Å². The number of carbonyl (C=O) groups is 2. The van der Waals surface area contributed by atoms with Gasteiger partial charge in [-0.05, 0) is 58.4 Å². The van der Waals surface area contributed by atoms with Crippen LogP contribution in [0.2, 0.25) is 0 Å². The normalized spacial score (nSPS) is 29.6. The van der Waals surface area contributed by atoms with Crippen molar-refractivity contribution in [2.24, 2.45) is 17.6 Å². The topological polar surface area (TPSA) is 75.4 Å². The maximum Gasteiger partial charge on any atom is 0.245 e. The van der Waals surface area contributed by atoms with Crippen molar-refractivity contribution in [2.45, 2.75) is 64.5 Å². The average Bonchev–Trinajstić information content (AvgIpc) is 2.95. The lowest BCUT2D eigenvalue weighted by molar-refractivity contribution is -0.139. The minimum absolute atomic E-state index is 0. The number of hydrogen-bond acceptors (Lipinski definition) is 3. The molecule has 0 aromatic rings. The average molecular weight is 332 g/mol. The third-order valence-electron chi connectivity index (χ3n) is 5.11. The van der Waals surface area contributed by atoms with Crippen LogP contribution in [0.3, 0.4) is 0 Å². The van der Waals surface area contributed by atoms with Crippen molar-refractivity contribution in [3.05, 3.63) is 0 Å².